The molecule has 21 heavy (non-hydrogen) atoms. The summed E-state index contributed by atoms with van der Waals surface area (Å²) in [7, 11) is -3.88. The number of hydrogen-bond donors (Lipinski definition) is 1. The Balaban J connectivity index is 2.42. The molecule has 4 nitrogen and oxygen atoms in total. The van der Waals surface area contributed by atoms with Crippen molar-refractivity contribution in [3.63, 3.8) is 0 Å². The van der Waals surface area contributed by atoms with Crippen molar-refractivity contribution in [1.29, 1.82) is 0 Å². The highest BCUT2D eigenvalue weighted by atomic mass is 79.9. The van der Waals surface area contributed by atoms with E-state index in [-0.39, 0.29) is 10.5 Å². The third-order valence-corrected chi connectivity index (χ3v) is 6.20. The molecule has 0 bridgehead atoms. The van der Waals surface area contributed by atoms with Gasteiger partial charge in [0.15, 0.2) is 0 Å². The zero-order chi connectivity index (χ0) is 15.6. The normalized spacial score (nSPS) is 21.2. The Labute approximate surface area is 133 Å². The second-order valence-corrected chi connectivity index (χ2v) is 8.30. The van der Waals surface area contributed by atoms with Gasteiger partial charge in [0.25, 0.3) is 0 Å². The topological polar surface area (TPSA) is 57.6 Å². The number of sulfonamides is 1. The molecule has 0 amide bonds. The van der Waals surface area contributed by atoms with E-state index < -0.39 is 22.4 Å². The van der Waals surface area contributed by atoms with Crippen LogP contribution in [-0.4, -0.2) is 30.9 Å². The molecule has 1 saturated heterocycles. The average molecular weight is 380 g/mol. The van der Waals surface area contributed by atoms with Gasteiger partial charge < -0.3 is 5.11 Å². The first-order valence-electron chi connectivity index (χ1n) is 6.95. The van der Waals surface area contributed by atoms with E-state index in [0.29, 0.717) is 23.5 Å². The fourth-order valence-electron chi connectivity index (χ4n) is 2.54. The van der Waals surface area contributed by atoms with Crippen LogP contribution in [0.25, 0.3) is 0 Å². The highest BCUT2D eigenvalue weighted by Gasteiger charge is 2.30. The van der Waals surface area contributed by atoms with E-state index in [1.54, 1.807) is 0 Å². The lowest BCUT2D eigenvalue weighted by molar-refractivity contribution is 0.274. The molecule has 0 aliphatic carbocycles. The van der Waals surface area contributed by atoms with Gasteiger partial charge in [0.1, 0.15) is 10.7 Å². The van der Waals surface area contributed by atoms with Gasteiger partial charge in [-0.25, -0.2) is 12.8 Å². The Morgan fingerprint density at radius 1 is 1.38 bits per heavy atom. The van der Waals surface area contributed by atoms with Crippen LogP contribution in [0.5, 0.6) is 0 Å². The van der Waals surface area contributed by atoms with Crippen molar-refractivity contribution in [1.82, 2.24) is 4.31 Å². The molecule has 2 rings (SSSR count). The minimum Gasteiger partial charge on any atom is -0.392 e. The van der Waals surface area contributed by atoms with E-state index in [0.717, 1.165) is 19.3 Å². The van der Waals surface area contributed by atoms with Crippen LogP contribution in [0.15, 0.2) is 21.5 Å². The molecule has 7 heteroatoms. The fourth-order valence-corrected chi connectivity index (χ4v) is 4.82. The summed E-state index contributed by atoms with van der Waals surface area (Å²) < 4.78 is 41.4. The first-order chi connectivity index (χ1) is 9.86. The molecule has 0 spiro atoms. The molecule has 0 aromatic heterocycles. The molecular weight excluding hydrogens is 361 g/mol. The van der Waals surface area contributed by atoms with Crippen LogP contribution in [0, 0.1) is 11.7 Å². The second-order valence-electron chi connectivity index (χ2n) is 5.48. The average Bonchev–Trinajstić information content (AvgIpc) is 2.66. The number of nitrogens with zero attached hydrogens (tertiary/aromatic N) is 1. The van der Waals surface area contributed by atoms with Gasteiger partial charge in [0.2, 0.25) is 10.0 Å². The third kappa shape index (κ3) is 3.64. The molecule has 1 unspecified atom stereocenters. The molecule has 0 saturated carbocycles. The maximum absolute atomic E-state index is 14.3. The lowest BCUT2D eigenvalue weighted by Gasteiger charge is -2.21. The van der Waals surface area contributed by atoms with E-state index in [1.807, 2.05) is 0 Å². The number of halogens is 2. The molecule has 118 valence electrons. The molecule has 1 aliphatic rings. The smallest absolute Gasteiger partial charge is 0.246 e. The second kappa shape index (κ2) is 6.73. The summed E-state index contributed by atoms with van der Waals surface area (Å²) in [6, 6.07) is 2.65. The van der Waals surface area contributed by atoms with E-state index in [1.165, 1.54) is 16.4 Å². The third-order valence-electron chi connectivity index (χ3n) is 3.84. The van der Waals surface area contributed by atoms with Gasteiger partial charge in [-0.05, 0) is 37.3 Å². The maximum atomic E-state index is 14.3. The zero-order valence-electron chi connectivity index (χ0n) is 11.8. The highest BCUT2D eigenvalue weighted by Crippen LogP contribution is 2.28. The Hall–Kier alpha value is -0.500. The van der Waals surface area contributed by atoms with Crippen molar-refractivity contribution in [2.45, 2.75) is 37.7 Å². The summed E-state index contributed by atoms with van der Waals surface area (Å²) in [5, 5.41) is 9.15. The van der Waals surface area contributed by atoms with Gasteiger partial charge in [-0.1, -0.05) is 22.9 Å². The molecular formula is C14H19BrFNO3S. The molecule has 1 aromatic rings. The van der Waals surface area contributed by atoms with Crippen LogP contribution in [0.2, 0.25) is 0 Å². The Morgan fingerprint density at radius 3 is 2.76 bits per heavy atom. The number of aliphatic hydroxyl groups is 1. The monoisotopic (exact) mass is 379 g/mol. The lowest BCUT2D eigenvalue weighted by Crippen LogP contribution is -2.32. The van der Waals surface area contributed by atoms with E-state index in [9.17, 15) is 12.8 Å². The predicted molar refractivity (Wildman–Crippen MR) is 81.8 cm³/mol. The molecule has 1 atom stereocenters. The Bertz CT molecular complexity index is 621. The molecule has 1 aliphatic heterocycles. The van der Waals surface area contributed by atoms with E-state index >= 15 is 0 Å². The molecule has 0 radical (unpaired) electrons. The van der Waals surface area contributed by atoms with Crippen molar-refractivity contribution in [3.05, 3.63) is 28.0 Å². The maximum Gasteiger partial charge on any atom is 0.246 e. The van der Waals surface area contributed by atoms with Crippen molar-refractivity contribution in [3.8, 4) is 0 Å². The minimum atomic E-state index is -3.88. The first kappa shape index (κ1) is 16.9. The van der Waals surface area contributed by atoms with Crippen LogP contribution in [0.4, 0.5) is 4.39 Å². The largest absolute Gasteiger partial charge is 0.392 e. The van der Waals surface area contributed by atoms with Crippen molar-refractivity contribution in [2.75, 3.05) is 13.1 Å². The summed E-state index contributed by atoms with van der Waals surface area (Å²) in [4.78, 5) is -0.365. The summed E-state index contributed by atoms with van der Waals surface area (Å²) in [6.07, 6.45) is 2.54. The minimum absolute atomic E-state index is 0.0221. The van der Waals surface area contributed by atoms with Crippen LogP contribution in [-0.2, 0) is 16.6 Å². The quantitative estimate of drug-likeness (QED) is 0.878. The molecule has 1 aromatic carbocycles. The van der Waals surface area contributed by atoms with Gasteiger partial charge in [-0.2, -0.15) is 4.31 Å². The van der Waals surface area contributed by atoms with Crippen molar-refractivity contribution < 1.29 is 17.9 Å². The first-order valence-corrected chi connectivity index (χ1v) is 9.18. The molecule has 1 fully saturated rings. The lowest BCUT2D eigenvalue weighted by atomic mass is 10.0. The summed E-state index contributed by atoms with van der Waals surface area (Å²) in [5.41, 5.74) is -0.0221. The van der Waals surface area contributed by atoms with Gasteiger partial charge in [-0.3, -0.25) is 0 Å². The van der Waals surface area contributed by atoms with Crippen LogP contribution in [0.1, 0.15) is 31.7 Å². The van der Waals surface area contributed by atoms with Crippen LogP contribution < -0.4 is 0 Å². The number of hydrogen-bond acceptors (Lipinski definition) is 3. The van der Waals surface area contributed by atoms with E-state index in [4.69, 9.17) is 5.11 Å². The molecule has 1 heterocycles. The Morgan fingerprint density at radius 2 is 2.10 bits per heavy atom. The van der Waals surface area contributed by atoms with Gasteiger partial charge in [-0.15, -0.1) is 0 Å². The summed E-state index contributed by atoms with van der Waals surface area (Å²) in [6.45, 7) is 2.38. The summed E-state index contributed by atoms with van der Waals surface area (Å²) in [5.74, 6) is -0.386. The standard InChI is InChI=1S/C14H19BrFNO3S/c1-10-3-2-5-17(6-4-10)21(19,20)13-8-12(15)7-11(9-18)14(13)16/h7-8,10,18H,2-6,9H2,1H3. The van der Waals surface area contributed by atoms with Gasteiger partial charge in [0, 0.05) is 23.1 Å². The predicted octanol–water partition coefficient (Wildman–Crippen LogP) is 2.89. The van der Waals surface area contributed by atoms with E-state index in [2.05, 4.69) is 22.9 Å². The highest BCUT2D eigenvalue weighted by molar-refractivity contribution is 9.10. The summed E-state index contributed by atoms with van der Waals surface area (Å²) >= 11 is 3.17. The number of rotatable bonds is 3. The molecule has 1 N–H and O–H groups in total. The zero-order valence-corrected chi connectivity index (χ0v) is 14.3. The SMILES string of the molecule is CC1CCCN(S(=O)(=O)c2cc(Br)cc(CO)c2F)CC1. The van der Waals surface area contributed by atoms with Gasteiger partial charge >= 0.3 is 0 Å². The van der Waals surface area contributed by atoms with Crippen LogP contribution >= 0.6 is 15.9 Å². The Kier molecular flexibility index (Phi) is 5.40. The fraction of sp³-hybridized carbons (Fsp3) is 0.571. The van der Waals surface area contributed by atoms with Crippen molar-refractivity contribution in [2.24, 2.45) is 5.92 Å². The van der Waals surface area contributed by atoms with Crippen LogP contribution in [0.3, 0.4) is 0 Å². The van der Waals surface area contributed by atoms with Crippen molar-refractivity contribution >= 4 is 26.0 Å². The van der Waals surface area contributed by atoms with Gasteiger partial charge in [0.05, 0.1) is 6.61 Å². The number of aliphatic hydroxyl groups excluding tert-OH is 1. The number of benzene rings is 1.